The number of rotatable bonds is 5. The second-order valence-corrected chi connectivity index (χ2v) is 7.62. The van der Waals surface area contributed by atoms with Gasteiger partial charge in [-0.05, 0) is 43.9 Å². The van der Waals surface area contributed by atoms with E-state index in [0.29, 0.717) is 5.92 Å². The quantitative estimate of drug-likeness (QED) is 0.730. The number of aromatic nitrogens is 2. The molecule has 1 saturated heterocycles. The van der Waals surface area contributed by atoms with Gasteiger partial charge in [0.15, 0.2) is 0 Å². The number of imidazole rings is 1. The van der Waals surface area contributed by atoms with Crippen molar-refractivity contribution in [3.05, 3.63) is 83.9 Å². The van der Waals surface area contributed by atoms with Crippen molar-refractivity contribution >= 4 is 6.03 Å². The highest BCUT2D eigenvalue weighted by Gasteiger charge is 2.31. The van der Waals surface area contributed by atoms with E-state index in [9.17, 15) is 4.79 Å². The van der Waals surface area contributed by atoms with Crippen molar-refractivity contribution in [1.82, 2.24) is 19.8 Å². The van der Waals surface area contributed by atoms with E-state index in [4.69, 9.17) is 0 Å². The number of aryl methyl sites for hydroxylation is 1. The van der Waals surface area contributed by atoms with E-state index in [-0.39, 0.29) is 12.1 Å². The first kappa shape index (κ1) is 18.3. The molecule has 0 bridgehead atoms. The van der Waals surface area contributed by atoms with E-state index in [2.05, 4.69) is 41.5 Å². The number of carbonyl (C=O) groups is 1. The molecule has 0 spiro atoms. The Hall–Kier alpha value is -3.08. The Balaban J connectivity index is 1.32. The average molecular weight is 374 g/mol. The summed E-state index contributed by atoms with van der Waals surface area (Å²) >= 11 is 0. The Labute approximate surface area is 166 Å². The molecule has 1 aromatic heterocycles. The first-order valence-corrected chi connectivity index (χ1v) is 9.80. The van der Waals surface area contributed by atoms with Gasteiger partial charge in [-0.2, -0.15) is 0 Å². The van der Waals surface area contributed by atoms with E-state index in [0.717, 1.165) is 31.0 Å². The lowest BCUT2D eigenvalue weighted by Gasteiger charge is -2.39. The molecule has 5 heteroatoms. The van der Waals surface area contributed by atoms with Crippen LogP contribution in [0.5, 0.6) is 0 Å². The number of amides is 2. The smallest absolute Gasteiger partial charge is 0.317 e. The Kier molecular flexibility index (Phi) is 5.15. The molecule has 28 heavy (non-hydrogen) atoms. The SMILES string of the molecule is Cc1ccc(CC2CN(C(=O)NC(C)c3nccn3-c3ccccc3)C2)cc1. The van der Waals surface area contributed by atoms with Crippen LogP contribution in [0.1, 0.15) is 29.9 Å². The van der Waals surface area contributed by atoms with Crippen molar-refractivity contribution in [2.45, 2.75) is 26.3 Å². The molecule has 0 radical (unpaired) electrons. The third-order valence-corrected chi connectivity index (χ3v) is 5.32. The Bertz CT molecular complexity index is 927. The number of hydrogen-bond donors (Lipinski definition) is 1. The maximum atomic E-state index is 12.6. The summed E-state index contributed by atoms with van der Waals surface area (Å²) in [4.78, 5) is 18.9. The second-order valence-electron chi connectivity index (χ2n) is 7.62. The molecule has 1 aliphatic heterocycles. The van der Waals surface area contributed by atoms with Crippen molar-refractivity contribution in [3.8, 4) is 5.69 Å². The van der Waals surface area contributed by atoms with Gasteiger partial charge in [0.1, 0.15) is 5.82 Å². The average Bonchev–Trinajstić information content (AvgIpc) is 3.16. The minimum Gasteiger partial charge on any atom is -0.328 e. The van der Waals surface area contributed by atoms with Gasteiger partial charge in [-0.1, -0.05) is 48.0 Å². The van der Waals surface area contributed by atoms with Gasteiger partial charge in [-0.25, -0.2) is 9.78 Å². The molecule has 2 heterocycles. The molecule has 1 aliphatic rings. The lowest BCUT2D eigenvalue weighted by molar-refractivity contribution is 0.118. The molecule has 1 unspecified atom stereocenters. The summed E-state index contributed by atoms with van der Waals surface area (Å²) in [6.07, 6.45) is 4.72. The molecule has 0 saturated carbocycles. The van der Waals surface area contributed by atoms with Crippen LogP contribution < -0.4 is 5.32 Å². The predicted octanol–water partition coefficient (Wildman–Crippen LogP) is 4.13. The van der Waals surface area contributed by atoms with Crippen LogP contribution in [0.4, 0.5) is 4.79 Å². The molecule has 3 aromatic rings. The standard InChI is InChI=1S/C23H26N4O/c1-17-8-10-19(11-9-17)14-20-15-26(16-20)23(28)25-18(2)22-24-12-13-27(22)21-6-4-3-5-7-21/h3-13,18,20H,14-16H2,1-2H3,(H,25,28). The molecule has 1 fully saturated rings. The number of carbonyl (C=O) groups excluding carboxylic acids is 1. The fourth-order valence-corrected chi connectivity index (χ4v) is 3.71. The molecule has 2 aromatic carbocycles. The summed E-state index contributed by atoms with van der Waals surface area (Å²) in [5.41, 5.74) is 3.66. The molecule has 4 rings (SSSR count). The van der Waals surface area contributed by atoms with Gasteiger partial charge in [-0.3, -0.25) is 0 Å². The van der Waals surface area contributed by atoms with Crippen molar-refractivity contribution in [1.29, 1.82) is 0 Å². The van der Waals surface area contributed by atoms with Crippen LogP contribution >= 0.6 is 0 Å². The third-order valence-electron chi connectivity index (χ3n) is 5.32. The Morgan fingerprint density at radius 2 is 1.86 bits per heavy atom. The molecule has 144 valence electrons. The summed E-state index contributed by atoms with van der Waals surface area (Å²) in [5, 5.41) is 3.09. The first-order valence-electron chi connectivity index (χ1n) is 9.80. The van der Waals surface area contributed by atoms with Crippen molar-refractivity contribution in [3.63, 3.8) is 0 Å². The maximum Gasteiger partial charge on any atom is 0.317 e. The zero-order valence-corrected chi connectivity index (χ0v) is 16.4. The predicted molar refractivity (Wildman–Crippen MR) is 110 cm³/mol. The van der Waals surface area contributed by atoms with Crippen LogP contribution in [0.25, 0.3) is 5.69 Å². The van der Waals surface area contributed by atoms with Gasteiger partial charge in [0.25, 0.3) is 0 Å². The van der Waals surface area contributed by atoms with Crippen LogP contribution in [0, 0.1) is 12.8 Å². The van der Waals surface area contributed by atoms with E-state index >= 15 is 0 Å². The van der Waals surface area contributed by atoms with E-state index in [1.54, 1.807) is 6.20 Å². The summed E-state index contributed by atoms with van der Waals surface area (Å²) < 4.78 is 2.02. The monoisotopic (exact) mass is 374 g/mol. The highest BCUT2D eigenvalue weighted by atomic mass is 16.2. The van der Waals surface area contributed by atoms with Crippen LogP contribution in [-0.4, -0.2) is 33.6 Å². The van der Waals surface area contributed by atoms with Crippen molar-refractivity contribution in [2.75, 3.05) is 13.1 Å². The Morgan fingerprint density at radius 1 is 1.14 bits per heavy atom. The summed E-state index contributed by atoms with van der Waals surface area (Å²) in [7, 11) is 0. The highest BCUT2D eigenvalue weighted by Crippen LogP contribution is 2.22. The van der Waals surface area contributed by atoms with E-state index in [1.165, 1.54) is 11.1 Å². The zero-order chi connectivity index (χ0) is 19.5. The minimum absolute atomic E-state index is 0.0183. The molecule has 5 nitrogen and oxygen atoms in total. The van der Waals surface area contributed by atoms with Gasteiger partial charge in [-0.15, -0.1) is 0 Å². The minimum atomic E-state index is -0.168. The van der Waals surface area contributed by atoms with Crippen LogP contribution in [-0.2, 0) is 6.42 Å². The lowest BCUT2D eigenvalue weighted by Crippen LogP contribution is -2.54. The number of hydrogen-bond acceptors (Lipinski definition) is 2. The number of nitrogens with zero attached hydrogens (tertiary/aromatic N) is 3. The molecule has 1 N–H and O–H groups in total. The molecular formula is C23H26N4O. The largest absolute Gasteiger partial charge is 0.328 e. The third kappa shape index (κ3) is 3.93. The normalized spacial score (nSPS) is 15.1. The van der Waals surface area contributed by atoms with Crippen molar-refractivity contribution in [2.24, 2.45) is 5.92 Å². The van der Waals surface area contributed by atoms with Gasteiger partial charge in [0.2, 0.25) is 0 Å². The molecule has 2 amide bonds. The summed E-state index contributed by atoms with van der Waals surface area (Å²) in [6, 6.07) is 18.5. The maximum absolute atomic E-state index is 12.6. The van der Waals surface area contributed by atoms with Gasteiger partial charge in [0.05, 0.1) is 6.04 Å². The van der Waals surface area contributed by atoms with Crippen LogP contribution in [0.15, 0.2) is 67.0 Å². The van der Waals surface area contributed by atoms with Gasteiger partial charge < -0.3 is 14.8 Å². The molecule has 1 atom stereocenters. The first-order chi connectivity index (χ1) is 13.6. The second kappa shape index (κ2) is 7.89. The highest BCUT2D eigenvalue weighted by molar-refractivity contribution is 5.75. The fourth-order valence-electron chi connectivity index (χ4n) is 3.71. The lowest BCUT2D eigenvalue weighted by atomic mass is 9.92. The van der Waals surface area contributed by atoms with Crippen molar-refractivity contribution < 1.29 is 4.79 Å². The topological polar surface area (TPSA) is 50.2 Å². The van der Waals surface area contributed by atoms with Gasteiger partial charge >= 0.3 is 6.03 Å². The summed E-state index contributed by atoms with van der Waals surface area (Å²) in [6.45, 7) is 5.69. The fraction of sp³-hybridized carbons (Fsp3) is 0.304. The van der Waals surface area contributed by atoms with Crippen LogP contribution in [0.2, 0.25) is 0 Å². The van der Waals surface area contributed by atoms with E-state index < -0.39 is 0 Å². The summed E-state index contributed by atoms with van der Waals surface area (Å²) in [5.74, 6) is 1.37. The number of urea groups is 1. The van der Waals surface area contributed by atoms with Gasteiger partial charge in [0, 0.05) is 31.2 Å². The molecule has 0 aliphatic carbocycles. The van der Waals surface area contributed by atoms with Crippen LogP contribution in [0.3, 0.4) is 0 Å². The zero-order valence-electron chi connectivity index (χ0n) is 16.4. The van der Waals surface area contributed by atoms with E-state index in [1.807, 2.05) is 52.9 Å². The number of para-hydroxylation sites is 1. The number of likely N-dealkylation sites (tertiary alicyclic amines) is 1. The molecular weight excluding hydrogens is 348 g/mol. The number of benzene rings is 2. The Morgan fingerprint density at radius 3 is 2.57 bits per heavy atom. The number of nitrogens with one attached hydrogen (secondary N) is 1.